The van der Waals surface area contributed by atoms with Gasteiger partial charge in [0.2, 0.25) is 23.5 Å². The van der Waals surface area contributed by atoms with Gasteiger partial charge in [0.25, 0.3) is 5.91 Å². The molecule has 0 aromatic rings. The second kappa shape index (κ2) is 10.4. The summed E-state index contributed by atoms with van der Waals surface area (Å²) in [4.78, 5) is 78.4. The number of fused-ring (bicyclic) bond motifs is 1. The number of Topliss-reactive ketones (excluding diaryl/α,β-unsaturated/α-hetero) is 1. The molecule has 6 N–H and O–H groups in total. The van der Waals surface area contributed by atoms with E-state index < -0.39 is 64.5 Å². The third-order valence-electron chi connectivity index (χ3n) is 8.20. The molecule has 3 rings (SSSR count). The molecule has 12 nitrogen and oxygen atoms in total. The highest BCUT2D eigenvalue weighted by atomic mass is 16.2. The predicted molar refractivity (Wildman–Crippen MR) is 143 cm³/mol. The molecule has 2 heterocycles. The summed E-state index contributed by atoms with van der Waals surface area (Å²) in [6, 6.07) is -3.62. The van der Waals surface area contributed by atoms with Crippen molar-refractivity contribution in [3.05, 3.63) is 0 Å². The van der Waals surface area contributed by atoms with Crippen molar-refractivity contribution >= 4 is 35.4 Å². The molecular weight excluding hydrogens is 504 g/mol. The van der Waals surface area contributed by atoms with E-state index in [2.05, 4.69) is 21.3 Å². The van der Waals surface area contributed by atoms with Gasteiger partial charge in [-0.3, -0.25) is 24.0 Å². The van der Waals surface area contributed by atoms with Crippen LogP contribution in [-0.4, -0.2) is 77.1 Å². The maximum absolute atomic E-state index is 13.9. The lowest BCUT2D eigenvalue weighted by Crippen LogP contribution is -2.62. The highest BCUT2D eigenvalue weighted by Crippen LogP contribution is 2.65. The van der Waals surface area contributed by atoms with Gasteiger partial charge < -0.3 is 31.9 Å². The number of piperidine rings is 1. The fourth-order valence-corrected chi connectivity index (χ4v) is 5.95. The summed E-state index contributed by atoms with van der Waals surface area (Å²) in [5.74, 6) is -4.06. The summed E-state index contributed by atoms with van der Waals surface area (Å²) in [5.41, 5.74) is 3.86. The Labute approximate surface area is 229 Å². The van der Waals surface area contributed by atoms with Crippen LogP contribution in [-0.2, 0) is 24.0 Å². The Morgan fingerprint density at radius 1 is 1.08 bits per heavy atom. The van der Waals surface area contributed by atoms with Crippen LogP contribution in [0.25, 0.3) is 0 Å². The van der Waals surface area contributed by atoms with Gasteiger partial charge in [-0.05, 0) is 56.3 Å². The summed E-state index contributed by atoms with van der Waals surface area (Å²) in [6.45, 7) is 15.8. The van der Waals surface area contributed by atoms with E-state index in [0.717, 1.165) is 0 Å². The number of urea groups is 1. The first-order valence-electron chi connectivity index (χ1n) is 13.6. The molecule has 218 valence electrons. The van der Waals surface area contributed by atoms with Gasteiger partial charge in [-0.25, -0.2) is 4.79 Å². The molecule has 0 spiro atoms. The van der Waals surface area contributed by atoms with Crippen molar-refractivity contribution in [2.75, 3.05) is 13.1 Å². The molecule has 12 heteroatoms. The van der Waals surface area contributed by atoms with Crippen molar-refractivity contribution < 1.29 is 28.8 Å². The molecule has 1 aliphatic carbocycles. The molecular formula is C27H44N6O6. The third kappa shape index (κ3) is 6.52. The summed E-state index contributed by atoms with van der Waals surface area (Å²) in [5, 5.41) is 10.9. The predicted octanol–water partition coefficient (Wildman–Crippen LogP) is 0.0472. The normalized spacial score (nSPS) is 27.1. The summed E-state index contributed by atoms with van der Waals surface area (Å²) >= 11 is 0. The number of carbonyl (C=O) groups excluding carboxylic acids is 6. The van der Waals surface area contributed by atoms with Gasteiger partial charge in [0, 0.05) is 24.5 Å². The SMILES string of the molecule is CC(C)(C)NC(=O)NC(C(=O)N1C[C@H]2[C@@H]([C@H]1C(=O)NC(C[C@@H]1CCNC1=O)C(=O)C(N)=O)C2(C)C)C(C)(C)C. The number of amides is 6. The minimum Gasteiger partial charge on any atom is -0.363 e. The zero-order valence-corrected chi connectivity index (χ0v) is 24.3. The highest BCUT2D eigenvalue weighted by molar-refractivity contribution is 6.38. The first kappa shape index (κ1) is 30.4. The topological polar surface area (TPSA) is 180 Å². The van der Waals surface area contributed by atoms with Gasteiger partial charge in [-0.15, -0.1) is 0 Å². The van der Waals surface area contributed by atoms with Crippen molar-refractivity contribution in [1.29, 1.82) is 0 Å². The lowest BCUT2D eigenvalue weighted by molar-refractivity contribution is -0.145. The Morgan fingerprint density at radius 2 is 1.69 bits per heavy atom. The number of nitrogens with one attached hydrogen (secondary N) is 4. The molecule has 2 saturated heterocycles. The van der Waals surface area contributed by atoms with Crippen LogP contribution in [0.1, 0.15) is 68.2 Å². The number of hydrogen-bond donors (Lipinski definition) is 5. The van der Waals surface area contributed by atoms with Crippen LogP contribution in [0.5, 0.6) is 0 Å². The second-order valence-corrected chi connectivity index (χ2v) is 13.8. The molecule has 0 bridgehead atoms. The van der Waals surface area contributed by atoms with Crippen LogP contribution in [0.2, 0.25) is 0 Å². The van der Waals surface area contributed by atoms with E-state index in [-0.39, 0.29) is 29.6 Å². The lowest BCUT2D eigenvalue weighted by atomic mass is 9.85. The lowest BCUT2D eigenvalue weighted by Gasteiger charge is -2.38. The molecule has 39 heavy (non-hydrogen) atoms. The van der Waals surface area contributed by atoms with Gasteiger partial charge in [0.15, 0.2) is 0 Å². The van der Waals surface area contributed by atoms with Crippen LogP contribution in [0, 0.1) is 28.6 Å². The van der Waals surface area contributed by atoms with Crippen LogP contribution in [0.4, 0.5) is 4.79 Å². The molecule has 0 aromatic heterocycles. The van der Waals surface area contributed by atoms with Gasteiger partial charge in [-0.2, -0.15) is 0 Å². The fourth-order valence-electron chi connectivity index (χ4n) is 5.95. The maximum atomic E-state index is 13.9. The minimum atomic E-state index is -1.28. The zero-order chi connectivity index (χ0) is 29.7. The Kier molecular flexibility index (Phi) is 8.11. The smallest absolute Gasteiger partial charge is 0.315 e. The number of nitrogens with two attached hydrogens (primary N) is 1. The number of carbonyl (C=O) groups is 6. The Bertz CT molecular complexity index is 1060. The Balaban J connectivity index is 1.86. The number of primary amides is 1. The number of likely N-dealkylation sites (tertiary alicyclic amines) is 1. The summed E-state index contributed by atoms with van der Waals surface area (Å²) < 4.78 is 0. The van der Waals surface area contributed by atoms with E-state index in [9.17, 15) is 28.8 Å². The van der Waals surface area contributed by atoms with Crippen molar-refractivity contribution in [1.82, 2.24) is 26.2 Å². The number of ketones is 1. The fraction of sp³-hybridized carbons (Fsp3) is 0.778. The molecule has 1 saturated carbocycles. The standard InChI is InChI=1S/C27H44N6O6/c1-25(2,3)19(31-24(39)32-26(4,5)6)23(38)33-12-14-16(27(14,7)8)17(33)22(37)30-15(18(34)20(28)35)11-13-9-10-29-21(13)36/h13-17,19H,9-12H2,1-8H3,(H2,28,35)(H,29,36)(H,30,37)(H2,31,32,39)/t13-,14-,15?,16-,17-,19?/m0/s1. The first-order chi connectivity index (χ1) is 17.8. The molecule has 3 aliphatic rings. The average Bonchev–Trinajstić information content (AvgIpc) is 3.14. The van der Waals surface area contributed by atoms with E-state index >= 15 is 0 Å². The quantitative estimate of drug-likeness (QED) is 0.267. The maximum Gasteiger partial charge on any atom is 0.315 e. The van der Waals surface area contributed by atoms with Gasteiger partial charge >= 0.3 is 6.03 Å². The van der Waals surface area contributed by atoms with Crippen LogP contribution in [0.15, 0.2) is 0 Å². The van der Waals surface area contributed by atoms with Crippen molar-refractivity contribution in [2.45, 2.75) is 91.9 Å². The molecule has 3 fully saturated rings. The van der Waals surface area contributed by atoms with Crippen molar-refractivity contribution in [3.8, 4) is 0 Å². The first-order valence-corrected chi connectivity index (χ1v) is 13.6. The number of hydrogen-bond acceptors (Lipinski definition) is 6. The van der Waals surface area contributed by atoms with Gasteiger partial charge in [-0.1, -0.05) is 34.6 Å². The van der Waals surface area contributed by atoms with Crippen molar-refractivity contribution in [3.63, 3.8) is 0 Å². The molecule has 6 amide bonds. The minimum absolute atomic E-state index is 0.0589. The van der Waals surface area contributed by atoms with Crippen LogP contribution in [0.3, 0.4) is 0 Å². The van der Waals surface area contributed by atoms with E-state index in [1.165, 1.54) is 4.90 Å². The van der Waals surface area contributed by atoms with E-state index in [0.29, 0.717) is 19.5 Å². The number of nitrogens with zero attached hydrogens (tertiary/aromatic N) is 1. The average molecular weight is 549 g/mol. The molecule has 0 radical (unpaired) electrons. The van der Waals surface area contributed by atoms with Gasteiger partial charge in [0.05, 0.1) is 6.04 Å². The Hall–Kier alpha value is -3.18. The van der Waals surface area contributed by atoms with E-state index in [4.69, 9.17) is 5.73 Å². The summed E-state index contributed by atoms with van der Waals surface area (Å²) in [7, 11) is 0. The van der Waals surface area contributed by atoms with E-state index in [1.54, 1.807) is 0 Å². The summed E-state index contributed by atoms with van der Waals surface area (Å²) in [6.07, 6.45) is 0.412. The van der Waals surface area contributed by atoms with E-state index in [1.807, 2.05) is 55.4 Å². The van der Waals surface area contributed by atoms with Crippen LogP contribution < -0.4 is 27.0 Å². The molecule has 2 unspecified atom stereocenters. The molecule has 6 atom stereocenters. The van der Waals surface area contributed by atoms with Crippen LogP contribution >= 0.6 is 0 Å². The Morgan fingerprint density at radius 3 is 2.18 bits per heavy atom. The van der Waals surface area contributed by atoms with Gasteiger partial charge in [0.1, 0.15) is 12.1 Å². The number of rotatable bonds is 8. The van der Waals surface area contributed by atoms with Crippen molar-refractivity contribution in [2.24, 2.45) is 34.3 Å². The highest BCUT2D eigenvalue weighted by Gasteiger charge is 2.70. The molecule has 2 aliphatic heterocycles. The largest absolute Gasteiger partial charge is 0.363 e. The zero-order valence-electron chi connectivity index (χ0n) is 24.3. The third-order valence-corrected chi connectivity index (χ3v) is 8.20. The monoisotopic (exact) mass is 548 g/mol. The second-order valence-electron chi connectivity index (χ2n) is 13.8. The molecule has 0 aromatic carbocycles.